The number of hydrogen-bond donors (Lipinski definition) is 1. The maximum absolute atomic E-state index is 12.4. The summed E-state index contributed by atoms with van der Waals surface area (Å²) in [7, 11) is -3.38. The Labute approximate surface area is 120 Å². The number of amides is 1. The standard InChI is InChI=1S/C14H22N2O3S/c1-4-6-7-16(5-2)14(17)11-8-12(15)10-13(9-11)20(3,18)19/h8-10H,4-7,15H2,1-3H3. The summed E-state index contributed by atoms with van der Waals surface area (Å²) >= 11 is 0. The zero-order chi connectivity index (χ0) is 15.3. The Morgan fingerprint density at radius 2 is 1.90 bits per heavy atom. The number of nitrogens with zero attached hydrogens (tertiary/aromatic N) is 1. The number of carbonyl (C=O) groups is 1. The average Bonchev–Trinajstić information content (AvgIpc) is 2.37. The first-order valence-corrected chi connectivity index (χ1v) is 8.58. The molecule has 0 aromatic heterocycles. The van der Waals surface area contributed by atoms with E-state index in [1.54, 1.807) is 4.90 Å². The summed E-state index contributed by atoms with van der Waals surface area (Å²) in [5.74, 6) is -0.182. The molecule has 1 rings (SSSR count). The minimum absolute atomic E-state index is 0.0763. The molecular formula is C14H22N2O3S. The van der Waals surface area contributed by atoms with Crippen LogP contribution in [0.5, 0.6) is 0 Å². The van der Waals surface area contributed by atoms with Crippen LogP contribution in [0.25, 0.3) is 0 Å². The van der Waals surface area contributed by atoms with Gasteiger partial charge in [-0.2, -0.15) is 0 Å². The highest BCUT2D eigenvalue weighted by atomic mass is 32.2. The predicted molar refractivity (Wildman–Crippen MR) is 80.4 cm³/mol. The molecule has 0 radical (unpaired) electrons. The Morgan fingerprint density at radius 3 is 2.40 bits per heavy atom. The van der Waals surface area contributed by atoms with Crippen molar-refractivity contribution in [3.8, 4) is 0 Å². The lowest BCUT2D eigenvalue weighted by Gasteiger charge is -2.21. The molecule has 0 saturated heterocycles. The largest absolute Gasteiger partial charge is 0.399 e. The minimum Gasteiger partial charge on any atom is -0.399 e. The van der Waals surface area contributed by atoms with Gasteiger partial charge in [-0.1, -0.05) is 13.3 Å². The first-order chi connectivity index (χ1) is 9.29. The van der Waals surface area contributed by atoms with Crippen LogP contribution in [0.4, 0.5) is 5.69 Å². The third-order valence-corrected chi connectivity index (χ3v) is 4.15. The Balaban J connectivity index is 3.12. The van der Waals surface area contributed by atoms with Crippen molar-refractivity contribution in [1.82, 2.24) is 4.90 Å². The second-order valence-corrected chi connectivity index (χ2v) is 6.82. The first-order valence-electron chi connectivity index (χ1n) is 6.69. The van der Waals surface area contributed by atoms with Gasteiger partial charge in [-0.15, -0.1) is 0 Å². The Morgan fingerprint density at radius 1 is 1.25 bits per heavy atom. The van der Waals surface area contributed by atoms with Gasteiger partial charge in [-0.25, -0.2) is 8.42 Å². The molecule has 0 bridgehead atoms. The second kappa shape index (κ2) is 6.74. The van der Waals surface area contributed by atoms with Gasteiger partial charge in [0.25, 0.3) is 5.91 Å². The second-order valence-electron chi connectivity index (χ2n) is 4.80. The van der Waals surface area contributed by atoms with E-state index >= 15 is 0 Å². The van der Waals surface area contributed by atoms with Crippen molar-refractivity contribution in [2.75, 3.05) is 25.1 Å². The molecule has 2 N–H and O–H groups in total. The van der Waals surface area contributed by atoms with Crippen molar-refractivity contribution in [1.29, 1.82) is 0 Å². The fourth-order valence-corrected chi connectivity index (χ4v) is 2.59. The van der Waals surface area contributed by atoms with E-state index in [4.69, 9.17) is 5.73 Å². The van der Waals surface area contributed by atoms with Gasteiger partial charge in [0.1, 0.15) is 0 Å². The third kappa shape index (κ3) is 4.23. The lowest BCUT2D eigenvalue weighted by atomic mass is 10.1. The fourth-order valence-electron chi connectivity index (χ4n) is 1.89. The Kier molecular flexibility index (Phi) is 5.56. The van der Waals surface area contributed by atoms with E-state index in [9.17, 15) is 13.2 Å². The fraction of sp³-hybridized carbons (Fsp3) is 0.500. The zero-order valence-electron chi connectivity index (χ0n) is 12.2. The summed E-state index contributed by atoms with van der Waals surface area (Å²) in [6, 6.07) is 4.28. The van der Waals surface area contributed by atoms with Gasteiger partial charge in [-0.05, 0) is 31.5 Å². The molecule has 1 aromatic rings. The number of nitrogen functional groups attached to an aromatic ring is 1. The maximum Gasteiger partial charge on any atom is 0.253 e. The first kappa shape index (κ1) is 16.5. The Hall–Kier alpha value is -1.56. The van der Waals surface area contributed by atoms with Gasteiger partial charge >= 0.3 is 0 Å². The molecule has 0 atom stereocenters. The molecule has 0 unspecified atom stereocenters. The smallest absolute Gasteiger partial charge is 0.253 e. The van der Waals surface area contributed by atoms with Crippen LogP contribution in [0.15, 0.2) is 23.1 Å². The van der Waals surface area contributed by atoms with Gasteiger partial charge in [0.15, 0.2) is 9.84 Å². The van der Waals surface area contributed by atoms with E-state index in [1.807, 2.05) is 6.92 Å². The number of anilines is 1. The third-order valence-electron chi connectivity index (χ3n) is 3.05. The van der Waals surface area contributed by atoms with Crippen LogP contribution in [-0.4, -0.2) is 38.6 Å². The Bertz CT molecular complexity index is 582. The molecular weight excluding hydrogens is 276 g/mol. The maximum atomic E-state index is 12.4. The van der Waals surface area contributed by atoms with Crippen LogP contribution < -0.4 is 5.73 Å². The van der Waals surface area contributed by atoms with Crippen LogP contribution in [0.3, 0.4) is 0 Å². The number of carbonyl (C=O) groups excluding carboxylic acids is 1. The van der Waals surface area contributed by atoms with E-state index in [2.05, 4.69) is 6.92 Å². The number of nitrogens with two attached hydrogens (primary N) is 1. The summed E-state index contributed by atoms with van der Waals surface area (Å²) in [6.45, 7) is 5.20. The summed E-state index contributed by atoms with van der Waals surface area (Å²) in [6.07, 6.45) is 3.01. The van der Waals surface area contributed by atoms with Crippen LogP contribution in [0.1, 0.15) is 37.0 Å². The molecule has 0 heterocycles. The predicted octanol–water partition coefficient (Wildman–Crippen LogP) is 1.93. The van der Waals surface area contributed by atoms with Crippen molar-refractivity contribution in [3.05, 3.63) is 23.8 Å². The molecule has 6 heteroatoms. The zero-order valence-corrected chi connectivity index (χ0v) is 13.0. The van der Waals surface area contributed by atoms with Gasteiger partial charge < -0.3 is 10.6 Å². The molecule has 1 aromatic carbocycles. The van der Waals surface area contributed by atoms with Gasteiger partial charge in [0, 0.05) is 30.6 Å². The normalized spacial score (nSPS) is 11.3. The van der Waals surface area contributed by atoms with Crippen molar-refractivity contribution >= 4 is 21.4 Å². The van der Waals surface area contributed by atoms with E-state index in [0.717, 1.165) is 19.1 Å². The van der Waals surface area contributed by atoms with Crippen molar-refractivity contribution in [3.63, 3.8) is 0 Å². The lowest BCUT2D eigenvalue weighted by Crippen LogP contribution is -2.31. The molecule has 0 spiro atoms. The monoisotopic (exact) mass is 298 g/mol. The highest BCUT2D eigenvalue weighted by Gasteiger charge is 2.17. The summed E-state index contributed by atoms with van der Waals surface area (Å²) in [4.78, 5) is 14.2. The molecule has 0 aliphatic carbocycles. The average molecular weight is 298 g/mol. The SMILES string of the molecule is CCCCN(CC)C(=O)c1cc(N)cc(S(C)(=O)=O)c1. The van der Waals surface area contributed by atoms with E-state index in [-0.39, 0.29) is 16.5 Å². The topological polar surface area (TPSA) is 80.5 Å². The number of hydrogen-bond acceptors (Lipinski definition) is 4. The minimum atomic E-state index is -3.38. The molecule has 0 aliphatic rings. The summed E-state index contributed by atoms with van der Waals surface area (Å²) in [5, 5.41) is 0. The van der Waals surface area contributed by atoms with Gasteiger partial charge in [-0.3, -0.25) is 4.79 Å². The molecule has 1 amide bonds. The number of unbranched alkanes of at least 4 members (excludes halogenated alkanes) is 1. The molecule has 20 heavy (non-hydrogen) atoms. The van der Waals surface area contributed by atoms with Crippen LogP contribution in [0.2, 0.25) is 0 Å². The van der Waals surface area contributed by atoms with Crippen molar-refractivity contribution in [2.24, 2.45) is 0 Å². The molecule has 0 saturated carbocycles. The van der Waals surface area contributed by atoms with Crippen molar-refractivity contribution in [2.45, 2.75) is 31.6 Å². The summed E-state index contributed by atoms with van der Waals surface area (Å²) in [5.41, 5.74) is 6.30. The van der Waals surface area contributed by atoms with E-state index in [1.165, 1.54) is 18.2 Å². The highest BCUT2D eigenvalue weighted by Crippen LogP contribution is 2.18. The quantitative estimate of drug-likeness (QED) is 0.814. The molecule has 112 valence electrons. The molecule has 0 aliphatic heterocycles. The van der Waals surface area contributed by atoms with E-state index in [0.29, 0.717) is 18.7 Å². The number of sulfone groups is 1. The molecule has 0 fully saturated rings. The van der Waals surface area contributed by atoms with Crippen molar-refractivity contribution < 1.29 is 13.2 Å². The van der Waals surface area contributed by atoms with Gasteiger partial charge in [0.05, 0.1) is 4.90 Å². The van der Waals surface area contributed by atoms with E-state index < -0.39 is 9.84 Å². The number of rotatable bonds is 6. The van der Waals surface area contributed by atoms with Gasteiger partial charge in [0.2, 0.25) is 0 Å². The molecule has 5 nitrogen and oxygen atoms in total. The lowest BCUT2D eigenvalue weighted by molar-refractivity contribution is 0.0762. The summed E-state index contributed by atoms with van der Waals surface area (Å²) < 4.78 is 23.2. The number of benzene rings is 1. The highest BCUT2D eigenvalue weighted by molar-refractivity contribution is 7.90. The van der Waals surface area contributed by atoms with Crippen LogP contribution >= 0.6 is 0 Å². The van der Waals surface area contributed by atoms with Crippen LogP contribution in [0, 0.1) is 0 Å². The van der Waals surface area contributed by atoms with Crippen LogP contribution in [-0.2, 0) is 9.84 Å².